The maximum atomic E-state index is 13.6. The number of benzene rings is 1. The molecule has 0 radical (unpaired) electrons. The summed E-state index contributed by atoms with van der Waals surface area (Å²) in [5, 5.41) is 3.25. The van der Waals surface area contributed by atoms with Gasteiger partial charge in [-0.3, -0.25) is 14.7 Å². The smallest absolute Gasteiger partial charge is 0.248 e. The summed E-state index contributed by atoms with van der Waals surface area (Å²) in [4.78, 5) is 21.3. The van der Waals surface area contributed by atoms with Crippen molar-refractivity contribution >= 4 is 12.1 Å². The molecule has 1 N–H and O–H groups in total. The number of nitrogens with zero attached hydrogens (tertiary/aromatic N) is 2. The Morgan fingerprint density at radius 3 is 2.66 bits per heavy atom. The monoisotopic (exact) mass is 395 g/mol. The lowest BCUT2D eigenvalue weighted by atomic mass is 9.59. The maximum Gasteiger partial charge on any atom is 0.248 e. The molecule has 3 heterocycles. The van der Waals surface area contributed by atoms with Crippen molar-refractivity contribution < 1.29 is 4.79 Å². The van der Waals surface area contributed by atoms with E-state index >= 15 is 0 Å². The maximum absolute atomic E-state index is 13.6. The van der Waals surface area contributed by atoms with Crippen molar-refractivity contribution in [1.82, 2.24) is 10.2 Å². The van der Waals surface area contributed by atoms with Crippen molar-refractivity contribution in [1.29, 1.82) is 0 Å². The molecule has 4 aliphatic rings. The Morgan fingerprint density at radius 1 is 1.21 bits per heavy atom. The SMILES string of the molecule is CC(C)CCN1CC2CC3(C(=O)NCc4ccccc4)N=CC2C1C3CC(C)C. The van der Waals surface area contributed by atoms with Crippen LogP contribution in [0, 0.1) is 29.6 Å². The highest BCUT2D eigenvalue weighted by atomic mass is 16.2. The van der Waals surface area contributed by atoms with Crippen molar-refractivity contribution in [3.63, 3.8) is 0 Å². The van der Waals surface area contributed by atoms with Crippen LogP contribution in [0.15, 0.2) is 35.3 Å². The lowest BCUT2D eigenvalue weighted by Crippen LogP contribution is -2.63. The zero-order chi connectivity index (χ0) is 20.6. The molecule has 29 heavy (non-hydrogen) atoms. The third kappa shape index (κ3) is 3.88. The molecule has 4 bridgehead atoms. The largest absolute Gasteiger partial charge is 0.350 e. The Hall–Kier alpha value is -1.68. The fraction of sp³-hybridized carbons (Fsp3) is 0.680. The average molecular weight is 396 g/mol. The van der Waals surface area contributed by atoms with E-state index in [1.807, 2.05) is 18.2 Å². The number of nitrogens with one attached hydrogen (secondary N) is 1. The third-order valence-corrected chi connectivity index (χ3v) is 7.31. The molecule has 2 fully saturated rings. The van der Waals surface area contributed by atoms with Crippen molar-refractivity contribution in [3.05, 3.63) is 35.9 Å². The molecule has 3 aliphatic heterocycles. The van der Waals surface area contributed by atoms with Gasteiger partial charge < -0.3 is 5.32 Å². The van der Waals surface area contributed by atoms with Gasteiger partial charge in [-0.1, -0.05) is 58.0 Å². The number of carbonyl (C=O) groups is 1. The summed E-state index contributed by atoms with van der Waals surface area (Å²) in [7, 11) is 0. The molecule has 5 unspecified atom stereocenters. The van der Waals surface area contributed by atoms with E-state index in [9.17, 15) is 4.79 Å². The van der Waals surface area contributed by atoms with Crippen LogP contribution in [0.5, 0.6) is 0 Å². The second-order valence-corrected chi connectivity index (χ2v) is 10.3. The highest BCUT2D eigenvalue weighted by Crippen LogP contribution is 2.54. The second-order valence-electron chi connectivity index (χ2n) is 10.3. The zero-order valence-electron chi connectivity index (χ0n) is 18.5. The van der Waals surface area contributed by atoms with Gasteiger partial charge in [0.15, 0.2) is 0 Å². The number of rotatable bonds is 8. The summed E-state index contributed by atoms with van der Waals surface area (Å²) in [6.07, 6.45) is 5.38. The standard InChI is InChI=1S/C25H37N3O/c1-17(2)10-11-28-16-20-13-25(24(29)26-14-19-8-6-5-7-9-19)22(12-18(3)4)23(28)21(20)15-27-25/h5-9,15,17-18,20-23H,10-14,16H2,1-4H3,(H,26,29). The van der Waals surface area contributed by atoms with Gasteiger partial charge in [-0.05, 0) is 49.1 Å². The molecule has 1 aliphatic carbocycles. The van der Waals surface area contributed by atoms with E-state index in [2.05, 4.69) is 56.3 Å². The lowest BCUT2D eigenvalue weighted by Gasteiger charge is -2.51. The van der Waals surface area contributed by atoms with Crippen LogP contribution < -0.4 is 5.32 Å². The van der Waals surface area contributed by atoms with Gasteiger partial charge in [-0.25, -0.2) is 0 Å². The molecule has 158 valence electrons. The molecule has 1 saturated carbocycles. The van der Waals surface area contributed by atoms with Gasteiger partial charge in [0.05, 0.1) is 0 Å². The van der Waals surface area contributed by atoms with E-state index in [1.165, 1.54) is 6.42 Å². The molecule has 1 amide bonds. The first kappa shape index (κ1) is 20.6. The Labute approximate surface area is 176 Å². The topological polar surface area (TPSA) is 44.7 Å². The van der Waals surface area contributed by atoms with E-state index in [-0.39, 0.29) is 5.91 Å². The summed E-state index contributed by atoms with van der Waals surface area (Å²) in [6, 6.07) is 10.7. The van der Waals surface area contributed by atoms with Gasteiger partial charge in [-0.15, -0.1) is 0 Å². The number of hydrogen-bond acceptors (Lipinski definition) is 3. The molecular weight excluding hydrogens is 358 g/mol. The summed E-state index contributed by atoms with van der Waals surface area (Å²) >= 11 is 0. The summed E-state index contributed by atoms with van der Waals surface area (Å²) in [5.74, 6) is 2.86. The molecule has 4 nitrogen and oxygen atoms in total. The predicted octanol–water partition coefficient (Wildman–Crippen LogP) is 4.15. The van der Waals surface area contributed by atoms with Crippen LogP contribution in [0.4, 0.5) is 0 Å². The van der Waals surface area contributed by atoms with Gasteiger partial charge in [-0.2, -0.15) is 0 Å². The van der Waals surface area contributed by atoms with E-state index in [0.29, 0.717) is 42.2 Å². The van der Waals surface area contributed by atoms with Crippen LogP contribution >= 0.6 is 0 Å². The number of hydrogen-bond donors (Lipinski definition) is 1. The van der Waals surface area contributed by atoms with Crippen LogP contribution in [-0.2, 0) is 11.3 Å². The normalized spacial score (nSPS) is 33.0. The lowest BCUT2D eigenvalue weighted by molar-refractivity contribution is -0.132. The van der Waals surface area contributed by atoms with E-state index in [1.54, 1.807) is 0 Å². The Bertz CT molecular complexity index is 744. The molecule has 0 spiro atoms. The van der Waals surface area contributed by atoms with Crippen molar-refractivity contribution in [3.8, 4) is 0 Å². The summed E-state index contributed by atoms with van der Waals surface area (Å²) in [6.45, 7) is 12.1. The molecule has 4 heteroatoms. The number of aliphatic imine (C=N–C) groups is 1. The van der Waals surface area contributed by atoms with Gasteiger partial charge in [0.1, 0.15) is 5.54 Å². The van der Waals surface area contributed by atoms with E-state index in [4.69, 9.17) is 4.99 Å². The Balaban J connectivity index is 1.57. The second kappa shape index (κ2) is 8.22. The summed E-state index contributed by atoms with van der Waals surface area (Å²) < 4.78 is 0. The molecule has 5 rings (SSSR count). The molecule has 1 aromatic carbocycles. The Morgan fingerprint density at radius 2 is 1.97 bits per heavy atom. The zero-order valence-corrected chi connectivity index (χ0v) is 18.5. The van der Waals surface area contributed by atoms with Crippen LogP contribution in [-0.4, -0.2) is 41.7 Å². The highest BCUT2D eigenvalue weighted by Gasteiger charge is 2.63. The molecule has 1 saturated heterocycles. The van der Waals surface area contributed by atoms with Gasteiger partial charge in [0, 0.05) is 37.2 Å². The minimum absolute atomic E-state index is 0.141. The summed E-state index contributed by atoms with van der Waals surface area (Å²) in [5.41, 5.74) is 0.572. The van der Waals surface area contributed by atoms with Crippen LogP contribution in [0.3, 0.4) is 0 Å². The van der Waals surface area contributed by atoms with Crippen LogP contribution in [0.2, 0.25) is 0 Å². The quantitative estimate of drug-likeness (QED) is 0.718. The van der Waals surface area contributed by atoms with Gasteiger partial charge in [0.25, 0.3) is 0 Å². The first-order chi connectivity index (χ1) is 13.9. The van der Waals surface area contributed by atoms with Gasteiger partial charge >= 0.3 is 0 Å². The third-order valence-electron chi connectivity index (χ3n) is 7.31. The van der Waals surface area contributed by atoms with Crippen LogP contribution in [0.25, 0.3) is 0 Å². The fourth-order valence-corrected chi connectivity index (χ4v) is 5.96. The minimum Gasteiger partial charge on any atom is -0.350 e. The van der Waals surface area contributed by atoms with Crippen molar-refractivity contribution in [2.75, 3.05) is 13.1 Å². The predicted molar refractivity (Wildman–Crippen MR) is 119 cm³/mol. The molecule has 0 aromatic heterocycles. The minimum atomic E-state index is -0.574. The highest BCUT2D eigenvalue weighted by molar-refractivity contribution is 5.91. The van der Waals surface area contributed by atoms with E-state index < -0.39 is 5.54 Å². The van der Waals surface area contributed by atoms with Gasteiger partial charge in [0.2, 0.25) is 5.91 Å². The first-order valence-electron chi connectivity index (χ1n) is 11.5. The van der Waals surface area contributed by atoms with Crippen molar-refractivity contribution in [2.24, 2.45) is 34.6 Å². The van der Waals surface area contributed by atoms with Crippen molar-refractivity contribution in [2.45, 2.75) is 65.1 Å². The molecule has 1 aromatic rings. The number of amides is 1. The average Bonchev–Trinajstić information content (AvgIpc) is 3.01. The number of carbonyl (C=O) groups excluding carboxylic acids is 1. The van der Waals surface area contributed by atoms with E-state index in [0.717, 1.165) is 31.5 Å². The molecule has 5 atom stereocenters. The fourth-order valence-electron chi connectivity index (χ4n) is 5.96. The number of likely N-dealkylation sites (tertiary alicyclic amines) is 1. The van der Waals surface area contributed by atoms with Crippen LogP contribution in [0.1, 0.15) is 52.5 Å². The molecular formula is C25H37N3O. The first-order valence-corrected chi connectivity index (χ1v) is 11.5. The Kier molecular flexibility index (Phi) is 5.83.